The molecule has 0 unspecified atom stereocenters. The van der Waals surface area contributed by atoms with Gasteiger partial charge in [-0.2, -0.15) is 0 Å². The fourth-order valence-corrected chi connectivity index (χ4v) is 11.1. The summed E-state index contributed by atoms with van der Waals surface area (Å²) in [6, 6.07) is 0. The molecule has 0 aliphatic rings. The summed E-state index contributed by atoms with van der Waals surface area (Å²) in [7, 11) is 0. The molecule has 0 radical (unpaired) electrons. The van der Waals surface area contributed by atoms with Gasteiger partial charge in [0.25, 0.3) is 0 Å². The van der Waals surface area contributed by atoms with Crippen molar-refractivity contribution in [2.75, 3.05) is 31.7 Å². The van der Waals surface area contributed by atoms with E-state index in [1.807, 2.05) is 22.8 Å². The Morgan fingerprint density at radius 2 is 1.18 bits per heavy atom. The van der Waals surface area contributed by atoms with Gasteiger partial charge in [0.1, 0.15) is 0 Å². The van der Waals surface area contributed by atoms with Crippen LogP contribution in [0.15, 0.2) is 0 Å². The highest BCUT2D eigenvalue weighted by atomic mass is 32.9. The average molecular weight is 264 g/mol. The summed E-state index contributed by atoms with van der Waals surface area (Å²) in [5, 5.41) is -1.01. The van der Waals surface area contributed by atoms with E-state index >= 15 is 0 Å². The van der Waals surface area contributed by atoms with E-state index in [1.54, 1.807) is 0 Å². The lowest BCUT2D eigenvalue weighted by molar-refractivity contribution is 2.24. The van der Waals surface area contributed by atoms with Crippen molar-refractivity contribution in [2.24, 2.45) is 0 Å². The molecule has 0 bridgehead atoms. The van der Waals surface area contributed by atoms with Gasteiger partial charge in [-0.25, -0.2) is 0 Å². The van der Waals surface area contributed by atoms with Crippen molar-refractivity contribution in [3.05, 3.63) is 0 Å². The molecule has 0 saturated heterocycles. The molecular weight excluding hydrogens is 250 g/mol. The fourth-order valence-electron chi connectivity index (χ4n) is 0.277. The highest BCUT2D eigenvalue weighted by Gasteiger charge is 2.06. The molecule has 0 nitrogen and oxygen atoms in total. The minimum Gasteiger partial charge on any atom is -0.113 e. The maximum atomic E-state index is 5.31. The Hall–Kier alpha value is 2.00. The molecule has 0 saturated carbocycles. The summed E-state index contributed by atoms with van der Waals surface area (Å²) in [5.41, 5.74) is 0. The molecule has 11 heavy (non-hydrogen) atoms. The third kappa shape index (κ3) is 12.0. The first kappa shape index (κ1) is 13.0. The summed E-state index contributed by atoms with van der Waals surface area (Å²) in [5.74, 6) is 0. The molecule has 0 amide bonds. The summed E-state index contributed by atoms with van der Waals surface area (Å²) < 4.78 is 0. The Bertz CT molecular complexity index is 179. The van der Waals surface area contributed by atoms with Crippen LogP contribution in [0.4, 0.5) is 0 Å². The maximum Gasteiger partial charge on any atom is 0.0490 e. The van der Waals surface area contributed by atoms with Crippen LogP contribution in [0.1, 0.15) is 0 Å². The zero-order valence-corrected chi connectivity index (χ0v) is 12.3. The first-order chi connectivity index (χ1) is 4.71. The number of hydrogen-bond donors (Lipinski definition) is 0. The van der Waals surface area contributed by atoms with Crippen molar-refractivity contribution in [1.29, 1.82) is 0 Å². The van der Waals surface area contributed by atoms with Gasteiger partial charge in [0, 0.05) is 15.6 Å². The van der Waals surface area contributed by atoms with Gasteiger partial charge in [-0.05, 0) is 26.7 Å². The summed E-state index contributed by atoms with van der Waals surface area (Å²) in [4.78, 5) is 0. The summed E-state index contributed by atoms with van der Waals surface area (Å²) in [6.45, 7) is 8.68. The van der Waals surface area contributed by atoms with Gasteiger partial charge in [0.2, 0.25) is 0 Å². The Balaban J connectivity index is 3.61. The third-order valence-corrected chi connectivity index (χ3v) is 10.3. The third-order valence-electron chi connectivity index (χ3n) is 0.727. The van der Waals surface area contributed by atoms with Gasteiger partial charge in [-0.1, -0.05) is 23.6 Å². The molecule has 0 N–H and O–H groups in total. The quantitative estimate of drug-likeness (QED) is 0.560. The monoisotopic (exact) mass is 264 g/mol. The minimum absolute atomic E-state index is 1.05. The highest BCUT2D eigenvalue weighted by Crippen LogP contribution is 2.59. The van der Waals surface area contributed by atoms with Crippen molar-refractivity contribution >= 4 is 56.9 Å². The van der Waals surface area contributed by atoms with E-state index in [0.717, 1.165) is 5.08 Å². The zero-order chi connectivity index (χ0) is 9.12. The van der Waals surface area contributed by atoms with Gasteiger partial charge < -0.3 is 0 Å². The fraction of sp³-hybridized carbons (Fsp3) is 1.00. The van der Waals surface area contributed by atoms with E-state index in [9.17, 15) is 0 Å². The van der Waals surface area contributed by atoms with Gasteiger partial charge in [-0.3, -0.25) is 0 Å². The van der Waals surface area contributed by atoms with E-state index in [-0.39, 0.29) is 0 Å². The van der Waals surface area contributed by atoms with Crippen molar-refractivity contribution in [3.63, 3.8) is 0 Å². The van der Waals surface area contributed by atoms with E-state index in [4.69, 9.17) is 23.6 Å². The molecule has 68 valence electrons. The second-order valence-electron chi connectivity index (χ2n) is 2.88. The van der Waals surface area contributed by atoms with Crippen LogP contribution in [0.2, 0.25) is 0 Å². The highest BCUT2D eigenvalue weighted by molar-refractivity contribution is 8.78. The molecular formula is C5H14P2S4. The molecule has 0 aromatic rings. The minimum atomic E-state index is -1.05. The molecule has 6 heteroatoms. The van der Waals surface area contributed by atoms with Crippen LogP contribution >= 0.6 is 33.2 Å². The molecule has 0 rings (SSSR count). The lowest BCUT2D eigenvalue weighted by Gasteiger charge is -2.12. The van der Waals surface area contributed by atoms with Crippen LogP contribution < -0.4 is 0 Å². The van der Waals surface area contributed by atoms with Crippen LogP contribution in [-0.4, -0.2) is 31.7 Å². The molecule has 0 aliphatic carbocycles. The maximum absolute atomic E-state index is 5.31. The SMILES string of the molecule is CP(C)(=S)SCSP(C)(C)=S. The normalized spacial score (nSPS) is 13.5. The lowest BCUT2D eigenvalue weighted by Crippen LogP contribution is -1.71. The molecule has 0 aliphatic heterocycles. The predicted octanol–water partition coefficient (Wildman–Crippen LogP) is 3.72. The van der Waals surface area contributed by atoms with Crippen molar-refractivity contribution in [3.8, 4) is 0 Å². The van der Waals surface area contributed by atoms with Crippen molar-refractivity contribution < 1.29 is 0 Å². The summed E-state index contributed by atoms with van der Waals surface area (Å²) in [6.07, 6.45) is 0. The van der Waals surface area contributed by atoms with Gasteiger partial charge in [0.05, 0.1) is 0 Å². The Kier molecular flexibility index (Phi) is 5.94. The molecule has 0 aromatic carbocycles. The van der Waals surface area contributed by atoms with Crippen molar-refractivity contribution in [2.45, 2.75) is 0 Å². The lowest BCUT2D eigenvalue weighted by atomic mass is 11.9. The van der Waals surface area contributed by atoms with E-state index in [0.29, 0.717) is 0 Å². The van der Waals surface area contributed by atoms with Gasteiger partial charge >= 0.3 is 0 Å². The van der Waals surface area contributed by atoms with Gasteiger partial charge in [-0.15, -0.1) is 22.8 Å². The van der Waals surface area contributed by atoms with Crippen molar-refractivity contribution in [1.82, 2.24) is 0 Å². The number of rotatable bonds is 4. The second-order valence-corrected chi connectivity index (χ2v) is 23.2. The van der Waals surface area contributed by atoms with E-state index in [2.05, 4.69) is 26.7 Å². The van der Waals surface area contributed by atoms with Crippen LogP contribution in [0.5, 0.6) is 0 Å². The molecule has 0 aromatic heterocycles. The average Bonchev–Trinajstić information content (AvgIpc) is 1.55. The first-order valence-corrected chi connectivity index (χ1v) is 13.7. The first-order valence-electron chi connectivity index (χ1n) is 3.10. The van der Waals surface area contributed by atoms with Crippen LogP contribution in [0, 0.1) is 0 Å². The molecule has 0 fully saturated rings. The number of hydrogen-bond acceptors (Lipinski definition) is 4. The molecule has 0 heterocycles. The van der Waals surface area contributed by atoms with Gasteiger partial charge in [0.15, 0.2) is 0 Å². The smallest absolute Gasteiger partial charge is 0.0490 e. The zero-order valence-electron chi connectivity index (χ0n) is 7.23. The Morgan fingerprint density at radius 1 is 0.909 bits per heavy atom. The molecule has 0 atom stereocenters. The Labute approximate surface area is 88.2 Å². The second kappa shape index (κ2) is 5.02. The topological polar surface area (TPSA) is 0 Å². The predicted molar refractivity (Wildman–Crippen MR) is 72.3 cm³/mol. The largest absolute Gasteiger partial charge is 0.113 e. The standard InChI is InChI=1S/C5H14P2S4/c1-6(2,8)10-5-11-7(3,4)9/h5H2,1-4H3. The molecule has 0 spiro atoms. The van der Waals surface area contributed by atoms with E-state index in [1.165, 1.54) is 0 Å². The Morgan fingerprint density at radius 3 is 1.36 bits per heavy atom. The van der Waals surface area contributed by atoms with Crippen LogP contribution in [0.25, 0.3) is 0 Å². The van der Waals surface area contributed by atoms with Crippen LogP contribution in [0.3, 0.4) is 0 Å². The van der Waals surface area contributed by atoms with E-state index < -0.39 is 10.5 Å². The summed E-state index contributed by atoms with van der Waals surface area (Å²) >= 11 is 14.4. The van der Waals surface area contributed by atoms with Crippen LogP contribution in [-0.2, 0) is 23.6 Å².